The van der Waals surface area contributed by atoms with Gasteiger partial charge >= 0.3 is 0 Å². The highest BCUT2D eigenvalue weighted by Gasteiger charge is 2.20. The van der Waals surface area contributed by atoms with Gasteiger partial charge in [0.15, 0.2) is 0 Å². The average molecular weight is 451 g/mol. The number of aromatic nitrogens is 2. The number of carbonyl (C=O) groups is 2. The van der Waals surface area contributed by atoms with Gasteiger partial charge in [0, 0.05) is 5.39 Å². The van der Waals surface area contributed by atoms with Gasteiger partial charge in [-0.15, -0.1) is 0 Å². The summed E-state index contributed by atoms with van der Waals surface area (Å²) >= 11 is 6.23. The Hall–Kier alpha value is -4.04. The molecule has 1 heterocycles. The van der Waals surface area contributed by atoms with Gasteiger partial charge in [-0.1, -0.05) is 35.9 Å². The molecule has 160 valence electrons. The molecule has 3 aromatic carbocycles. The summed E-state index contributed by atoms with van der Waals surface area (Å²) < 4.78 is 19.1. The lowest BCUT2D eigenvalue weighted by molar-refractivity contribution is 0.0976. The first-order valence-electron chi connectivity index (χ1n) is 9.44. The molecule has 7 nitrogen and oxygen atoms in total. The van der Waals surface area contributed by atoms with Crippen molar-refractivity contribution in [1.82, 2.24) is 9.97 Å². The van der Waals surface area contributed by atoms with Crippen LogP contribution in [0.2, 0.25) is 5.02 Å². The van der Waals surface area contributed by atoms with Gasteiger partial charge in [0.05, 0.1) is 21.7 Å². The van der Waals surface area contributed by atoms with Crippen molar-refractivity contribution in [2.75, 3.05) is 5.32 Å². The zero-order chi connectivity index (χ0) is 22.7. The minimum Gasteiger partial charge on any atom is -0.487 e. The minimum atomic E-state index is -0.832. The molecule has 0 spiro atoms. The minimum absolute atomic E-state index is 0.00497. The number of hydrogen-bond acceptors (Lipinski definition) is 5. The number of primary amides is 1. The Morgan fingerprint density at radius 1 is 1.03 bits per heavy atom. The van der Waals surface area contributed by atoms with E-state index in [9.17, 15) is 14.0 Å². The first-order chi connectivity index (χ1) is 15.4. The number of amides is 2. The van der Waals surface area contributed by atoms with Gasteiger partial charge in [-0.3, -0.25) is 9.59 Å². The van der Waals surface area contributed by atoms with E-state index in [2.05, 4.69) is 15.3 Å². The van der Waals surface area contributed by atoms with Crippen LogP contribution in [0.25, 0.3) is 10.9 Å². The van der Waals surface area contributed by atoms with E-state index in [1.807, 2.05) is 6.07 Å². The molecule has 0 radical (unpaired) electrons. The van der Waals surface area contributed by atoms with Crippen molar-refractivity contribution < 1.29 is 18.7 Å². The van der Waals surface area contributed by atoms with E-state index in [4.69, 9.17) is 22.1 Å². The smallest absolute Gasteiger partial charge is 0.257 e. The molecule has 0 unspecified atom stereocenters. The van der Waals surface area contributed by atoms with Crippen molar-refractivity contribution in [3.63, 3.8) is 0 Å². The second-order valence-corrected chi connectivity index (χ2v) is 7.21. The van der Waals surface area contributed by atoms with Crippen LogP contribution < -0.4 is 15.8 Å². The first-order valence-corrected chi connectivity index (χ1v) is 9.82. The predicted molar refractivity (Wildman–Crippen MR) is 118 cm³/mol. The van der Waals surface area contributed by atoms with Crippen molar-refractivity contribution in [2.24, 2.45) is 5.73 Å². The largest absolute Gasteiger partial charge is 0.487 e. The van der Waals surface area contributed by atoms with Gasteiger partial charge in [-0.2, -0.15) is 0 Å². The maximum absolute atomic E-state index is 13.4. The number of carbonyl (C=O) groups excluding carboxylic acids is 2. The van der Waals surface area contributed by atoms with Crippen LogP contribution in [0.3, 0.4) is 0 Å². The van der Waals surface area contributed by atoms with Crippen molar-refractivity contribution in [3.05, 3.63) is 94.5 Å². The number of halogens is 2. The monoisotopic (exact) mass is 450 g/mol. The molecule has 4 rings (SSSR count). The van der Waals surface area contributed by atoms with E-state index in [1.54, 1.807) is 30.3 Å². The molecule has 0 aliphatic heterocycles. The number of hydrogen-bond donors (Lipinski definition) is 2. The van der Waals surface area contributed by atoms with Crippen LogP contribution in [0.15, 0.2) is 67.0 Å². The molecule has 3 N–H and O–H groups in total. The normalized spacial score (nSPS) is 10.7. The first kappa shape index (κ1) is 21.2. The van der Waals surface area contributed by atoms with Crippen LogP contribution in [0.5, 0.6) is 5.75 Å². The lowest BCUT2D eigenvalue weighted by Crippen LogP contribution is -2.21. The standard InChI is InChI=1S/C23H16ClFN4O3/c24-18-9-16(21(26)30)17(10-20(18)32-11-13-4-3-5-14(25)8-13)23(31)29-22-15-6-1-2-7-19(15)27-12-28-22/h1-10,12H,11H2,(H2,26,30)(H,27,28,29,31). The van der Waals surface area contributed by atoms with E-state index < -0.39 is 17.6 Å². The van der Waals surface area contributed by atoms with E-state index in [0.717, 1.165) is 0 Å². The van der Waals surface area contributed by atoms with Crippen molar-refractivity contribution in [2.45, 2.75) is 6.61 Å². The van der Waals surface area contributed by atoms with Crippen LogP contribution in [-0.2, 0) is 6.61 Å². The van der Waals surface area contributed by atoms with Crippen molar-refractivity contribution in [3.8, 4) is 5.75 Å². The summed E-state index contributed by atoms with van der Waals surface area (Å²) in [5, 5.41) is 3.39. The Bertz CT molecular complexity index is 1340. The number of anilines is 1. The average Bonchev–Trinajstić information content (AvgIpc) is 2.78. The number of ether oxygens (including phenoxy) is 1. The number of fused-ring (bicyclic) bond motifs is 1. The van der Waals surface area contributed by atoms with Gasteiger partial charge in [0.25, 0.3) is 5.91 Å². The molecule has 9 heteroatoms. The van der Waals surface area contributed by atoms with E-state index >= 15 is 0 Å². The molecule has 0 fully saturated rings. The molecule has 0 bridgehead atoms. The maximum atomic E-state index is 13.4. The fourth-order valence-electron chi connectivity index (χ4n) is 3.12. The highest BCUT2D eigenvalue weighted by molar-refractivity contribution is 6.33. The second kappa shape index (κ2) is 8.99. The highest BCUT2D eigenvalue weighted by atomic mass is 35.5. The van der Waals surface area contributed by atoms with Gasteiger partial charge in [0.1, 0.15) is 30.3 Å². The number of nitrogens with one attached hydrogen (secondary N) is 1. The van der Waals surface area contributed by atoms with Crippen LogP contribution in [0.4, 0.5) is 10.2 Å². The van der Waals surface area contributed by atoms with Crippen LogP contribution in [-0.4, -0.2) is 21.8 Å². The lowest BCUT2D eigenvalue weighted by atomic mass is 10.1. The summed E-state index contributed by atoms with van der Waals surface area (Å²) in [5.41, 5.74) is 6.54. The summed E-state index contributed by atoms with van der Waals surface area (Å²) in [7, 11) is 0. The Kier molecular flexibility index (Phi) is 5.96. The molecule has 0 aliphatic rings. The molecule has 2 amide bonds. The molecule has 0 saturated heterocycles. The SMILES string of the molecule is NC(=O)c1cc(Cl)c(OCc2cccc(F)c2)cc1C(=O)Nc1ncnc2ccccc12. The molecule has 32 heavy (non-hydrogen) atoms. The lowest BCUT2D eigenvalue weighted by Gasteiger charge is -2.14. The van der Waals surface area contributed by atoms with Crippen LogP contribution in [0, 0.1) is 5.82 Å². The number of benzene rings is 3. The van der Waals surface area contributed by atoms with Gasteiger partial charge in [-0.25, -0.2) is 14.4 Å². The third-order valence-corrected chi connectivity index (χ3v) is 4.94. The van der Waals surface area contributed by atoms with E-state index in [-0.39, 0.29) is 34.3 Å². The number of rotatable bonds is 6. The summed E-state index contributed by atoms with van der Waals surface area (Å²) in [4.78, 5) is 33.3. The number of nitrogens with zero attached hydrogens (tertiary/aromatic N) is 2. The molecule has 0 saturated carbocycles. The van der Waals surface area contributed by atoms with E-state index in [0.29, 0.717) is 16.5 Å². The summed E-state index contributed by atoms with van der Waals surface area (Å²) in [5.74, 6) is -1.46. The fourth-order valence-corrected chi connectivity index (χ4v) is 3.34. The summed E-state index contributed by atoms with van der Waals surface area (Å²) in [6, 6.07) is 15.6. The molecular weight excluding hydrogens is 435 g/mol. The third-order valence-electron chi connectivity index (χ3n) is 4.64. The van der Waals surface area contributed by atoms with Crippen molar-refractivity contribution in [1.29, 1.82) is 0 Å². The topological polar surface area (TPSA) is 107 Å². The molecule has 0 atom stereocenters. The quantitative estimate of drug-likeness (QED) is 0.454. The Labute approximate surface area is 187 Å². The second-order valence-electron chi connectivity index (χ2n) is 6.80. The third kappa shape index (κ3) is 4.50. The molecule has 4 aromatic rings. The molecular formula is C23H16ClFN4O3. The van der Waals surface area contributed by atoms with Gasteiger partial charge in [-0.05, 0) is 42.0 Å². The zero-order valence-corrected chi connectivity index (χ0v) is 17.3. The summed E-state index contributed by atoms with van der Waals surface area (Å²) in [6.07, 6.45) is 1.32. The Morgan fingerprint density at radius 2 is 1.84 bits per heavy atom. The Morgan fingerprint density at radius 3 is 2.62 bits per heavy atom. The Balaban J connectivity index is 1.66. The highest BCUT2D eigenvalue weighted by Crippen LogP contribution is 2.30. The molecule has 1 aromatic heterocycles. The van der Waals surface area contributed by atoms with Crippen LogP contribution >= 0.6 is 11.6 Å². The predicted octanol–water partition coefficient (Wildman–Crippen LogP) is 4.35. The number of nitrogens with two attached hydrogens (primary N) is 1. The van der Waals surface area contributed by atoms with Gasteiger partial charge < -0.3 is 15.8 Å². The molecule has 0 aliphatic carbocycles. The fraction of sp³-hybridized carbons (Fsp3) is 0.0435. The van der Waals surface area contributed by atoms with Crippen LogP contribution in [0.1, 0.15) is 26.3 Å². The summed E-state index contributed by atoms with van der Waals surface area (Å²) in [6.45, 7) is 0.00497. The van der Waals surface area contributed by atoms with Gasteiger partial charge in [0.2, 0.25) is 5.91 Å². The van der Waals surface area contributed by atoms with Crippen molar-refractivity contribution >= 4 is 40.1 Å². The van der Waals surface area contributed by atoms with E-state index in [1.165, 1.54) is 30.6 Å². The maximum Gasteiger partial charge on any atom is 0.257 e. The number of para-hydroxylation sites is 1. The zero-order valence-electron chi connectivity index (χ0n) is 16.5.